The van der Waals surface area contributed by atoms with E-state index in [0.717, 1.165) is 26.1 Å². The van der Waals surface area contributed by atoms with E-state index in [-0.39, 0.29) is 11.4 Å². The molecule has 0 aromatic rings. The molecule has 4 heteroatoms. The fraction of sp³-hybridized carbons (Fsp3) is 0.929. The van der Waals surface area contributed by atoms with Crippen LogP contribution in [0.15, 0.2) is 0 Å². The van der Waals surface area contributed by atoms with Crippen LogP contribution in [-0.4, -0.2) is 49.7 Å². The number of nitrogens with one attached hydrogen (secondary N) is 1. The molecule has 0 aromatic carbocycles. The van der Waals surface area contributed by atoms with Crippen LogP contribution in [0.1, 0.15) is 39.5 Å². The molecule has 0 aromatic heterocycles. The molecular formula is C14H26N2O2. The molecular weight excluding hydrogens is 228 g/mol. The van der Waals surface area contributed by atoms with E-state index in [2.05, 4.69) is 10.2 Å². The number of likely N-dealkylation sites (tertiary alicyclic amines) is 1. The van der Waals surface area contributed by atoms with Gasteiger partial charge in [0.05, 0.1) is 12.5 Å². The second-order valence-corrected chi connectivity index (χ2v) is 6.38. The van der Waals surface area contributed by atoms with Gasteiger partial charge in [0, 0.05) is 25.2 Å². The number of methoxy groups -OCH3 is 1. The van der Waals surface area contributed by atoms with Crippen molar-refractivity contribution in [3.05, 3.63) is 0 Å². The second-order valence-electron chi connectivity index (χ2n) is 6.38. The minimum atomic E-state index is -0.366. The lowest BCUT2D eigenvalue weighted by molar-refractivity contribution is -0.151. The first kappa shape index (κ1) is 13.8. The molecule has 2 heterocycles. The molecule has 0 radical (unpaired) electrons. The number of piperazine rings is 1. The summed E-state index contributed by atoms with van der Waals surface area (Å²) >= 11 is 0. The number of carbonyl (C=O) groups excluding carboxylic acids is 1. The number of fused-ring (bicyclic) bond motifs is 2. The van der Waals surface area contributed by atoms with Crippen LogP contribution in [0.3, 0.4) is 0 Å². The lowest BCUT2D eigenvalue weighted by atomic mass is 9.88. The second kappa shape index (κ2) is 5.57. The molecule has 2 aliphatic heterocycles. The highest BCUT2D eigenvalue weighted by atomic mass is 16.5. The SMILES string of the molecule is COC(=O)C(C)(C)CCN1CC2CCCC(C1)N2. The zero-order valence-electron chi connectivity index (χ0n) is 11.9. The third-order valence-corrected chi connectivity index (χ3v) is 4.32. The van der Waals surface area contributed by atoms with Crippen LogP contribution in [0.2, 0.25) is 0 Å². The van der Waals surface area contributed by atoms with Crippen molar-refractivity contribution in [3.8, 4) is 0 Å². The number of ether oxygens (including phenoxy) is 1. The fourth-order valence-electron chi connectivity index (χ4n) is 3.10. The molecule has 2 rings (SSSR count). The summed E-state index contributed by atoms with van der Waals surface area (Å²) in [5.74, 6) is -0.0992. The molecule has 4 nitrogen and oxygen atoms in total. The smallest absolute Gasteiger partial charge is 0.311 e. The Balaban J connectivity index is 1.81. The number of hydrogen-bond donors (Lipinski definition) is 1. The summed E-state index contributed by atoms with van der Waals surface area (Å²) in [5.41, 5.74) is -0.366. The van der Waals surface area contributed by atoms with Crippen LogP contribution in [0, 0.1) is 5.41 Å². The predicted molar refractivity (Wildman–Crippen MR) is 71.4 cm³/mol. The number of carbonyl (C=O) groups is 1. The molecule has 1 N–H and O–H groups in total. The third-order valence-electron chi connectivity index (χ3n) is 4.32. The Hall–Kier alpha value is -0.610. The number of esters is 1. The Morgan fingerprint density at radius 2 is 1.94 bits per heavy atom. The van der Waals surface area contributed by atoms with Gasteiger partial charge in [0.1, 0.15) is 0 Å². The van der Waals surface area contributed by atoms with E-state index < -0.39 is 0 Å². The molecule has 0 aliphatic carbocycles. The van der Waals surface area contributed by atoms with E-state index in [4.69, 9.17) is 4.74 Å². The average molecular weight is 254 g/mol. The maximum absolute atomic E-state index is 11.6. The Morgan fingerprint density at radius 3 is 2.50 bits per heavy atom. The number of rotatable bonds is 4. The van der Waals surface area contributed by atoms with Gasteiger partial charge in [0.2, 0.25) is 0 Å². The number of piperidine rings is 1. The molecule has 0 amide bonds. The summed E-state index contributed by atoms with van der Waals surface area (Å²) in [6, 6.07) is 1.33. The van der Waals surface area contributed by atoms with E-state index in [0.29, 0.717) is 12.1 Å². The highest BCUT2D eigenvalue weighted by molar-refractivity contribution is 5.75. The van der Waals surface area contributed by atoms with Crippen LogP contribution in [0.25, 0.3) is 0 Å². The Labute approximate surface area is 110 Å². The zero-order chi connectivity index (χ0) is 13.2. The molecule has 18 heavy (non-hydrogen) atoms. The van der Waals surface area contributed by atoms with Crippen LogP contribution >= 0.6 is 0 Å². The van der Waals surface area contributed by atoms with Gasteiger partial charge >= 0.3 is 5.97 Å². The first-order valence-electron chi connectivity index (χ1n) is 7.08. The van der Waals surface area contributed by atoms with Gasteiger partial charge in [-0.25, -0.2) is 0 Å². The fourth-order valence-corrected chi connectivity index (χ4v) is 3.10. The predicted octanol–water partition coefficient (Wildman–Crippen LogP) is 1.40. The normalized spacial score (nSPS) is 29.1. The molecule has 2 saturated heterocycles. The maximum atomic E-state index is 11.6. The first-order chi connectivity index (χ1) is 8.51. The van der Waals surface area contributed by atoms with Gasteiger partial charge in [0.15, 0.2) is 0 Å². The standard InChI is InChI=1S/C14H26N2O2/c1-14(2,13(17)18-3)7-8-16-9-11-5-4-6-12(10-16)15-11/h11-12,15H,4-10H2,1-3H3. The van der Waals surface area contributed by atoms with Crippen LogP contribution in [0.4, 0.5) is 0 Å². The van der Waals surface area contributed by atoms with Crippen molar-refractivity contribution in [1.82, 2.24) is 10.2 Å². The lowest BCUT2D eigenvalue weighted by Crippen LogP contribution is -2.58. The quantitative estimate of drug-likeness (QED) is 0.770. The van der Waals surface area contributed by atoms with Gasteiger partial charge in [-0.1, -0.05) is 6.42 Å². The van der Waals surface area contributed by atoms with Gasteiger partial charge in [-0.2, -0.15) is 0 Å². The van der Waals surface area contributed by atoms with Crippen molar-refractivity contribution < 1.29 is 9.53 Å². The van der Waals surface area contributed by atoms with Crippen molar-refractivity contribution in [2.75, 3.05) is 26.7 Å². The molecule has 2 atom stereocenters. The highest BCUT2D eigenvalue weighted by Crippen LogP contribution is 2.25. The van der Waals surface area contributed by atoms with Gasteiger partial charge in [-0.05, 0) is 39.7 Å². The van der Waals surface area contributed by atoms with E-state index in [9.17, 15) is 4.79 Å². The number of hydrogen-bond acceptors (Lipinski definition) is 4. The zero-order valence-corrected chi connectivity index (χ0v) is 11.9. The van der Waals surface area contributed by atoms with Crippen molar-refractivity contribution in [3.63, 3.8) is 0 Å². The molecule has 2 unspecified atom stereocenters. The molecule has 2 aliphatic rings. The average Bonchev–Trinajstić information content (AvgIpc) is 2.35. The summed E-state index contributed by atoms with van der Waals surface area (Å²) in [6.45, 7) is 7.21. The Bertz CT molecular complexity index is 292. The molecule has 0 spiro atoms. The minimum absolute atomic E-state index is 0.0992. The van der Waals surface area contributed by atoms with Gasteiger partial charge in [-0.15, -0.1) is 0 Å². The topological polar surface area (TPSA) is 41.6 Å². The summed E-state index contributed by atoms with van der Waals surface area (Å²) < 4.78 is 4.86. The molecule has 104 valence electrons. The van der Waals surface area contributed by atoms with E-state index in [1.165, 1.54) is 26.4 Å². The van der Waals surface area contributed by atoms with Crippen molar-refractivity contribution in [2.45, 2.75) is 51.6 Å². The van der Waals surface area contributed by atoms with Crippen molar-refractivity contribution >= 4 is 5.97 Å². The summed E-state index contributed by atoms with van der Waals surface area (Å²) in [4.78, 5) is 14.2. The summed E-state index contributed by atoms with van der Waals surface area (Å²) in [6.07, 6.45) is 4.84. The van der Waals surface area contributed by atoms with Crippen LogP contribution in [0.5, 0.6) is 0 Å². The Kier molecular flexibility index (Phi) is 4.28. The third kappa shape index (κ3) is 3.23. The van der Waals surface area contributed by atoms with Crippen LogP contribution < -0.4 is 5.32 Å². The van der Waals surface area contributed by atoms with Crippen LogP contribution in [-0.2, 0) is 9.53 Å². The minimum Gasteiger partial charge on any atom is -0.469 e. The first-order valence-corrected chi connectivity index (χ1v) is 7.08. The molecule has 2 fully saturated rings. The van der Waals surface area contributed by atoms with Gasteiger partial charge < -0.3 is 15.0 Å². The van der Waals surface area contributed by atoms with Crippen molar-refractivity contribution in [2.24, 2.45) is 5.41 Å². The lowest BCUT2D eigenvalue weighted by Gasteiger charge is -2.43. The highest BCUT2D eigenvalue weighted by Gasteiger charge is 2.33. The van der Waals surface area contributed by atoms with Crippen molar-refractivity contribution in [1.29, 1.82) is 0 Å². The molecule has 0 saturated carbocycles. The Morgan fingerprint density at radius 1 is 1.33 bits per heavy atom. The monoisotopic (exact) mass is 254 g/mol. The maximum Gasteiger partial charge on any atom is 0.311 e. The van der Waals surface area contributed by atoms with E-state index in [1.54, 1.807) is 0 Å². The number of nitrogens with zero attached hydrogens (tertiary/aromatic N) is 1. The summed E-state index contributed by atoms with van der Waals surface area (Å²) in [7, 11) is 1.47. The van der Waals surface area contributed by atoms with Gasteiger partial charge in [-0.3, -0.25) is 4.79 Å². The van der Waals surface area contributed by atoms with E-state index >= 15 is 0 Å². The summed E-state index contributed by atoms with van der Waals surface area (Å²) in [5, 5.41) is 3.68. The van der Waals surface area contributed by atoms with Gasteiger partial charge in [0.25, 0.3) is 0 Å². The molecule has 2 bridgehead atoms. The largest absolute Gasteiger partial charge is 0.469 e. The van der Waals surface area contributed by atoms with E-state index in [1.807, 2.05) is 13.8 Å².